The van der Waals surface area contributed by atoms with E-state index < -0.39 is 0 Å². The number of aromatic nitrogens is 1. The molecule has 1 N–H and O–H groups in total. The fraction of sp³-hybridized carbons (Fsp3) is 0.478. The standard InChI is InChI=1S/C23H33N5/c1-4-22(21-8-6-5-7-9-21)27-14-16-28(17-15-27)23(24-3)26-13-11-20-10-12-25-18-19(20)2/h5-10,12,18,22H,4,11,13-17H2,1-3H3,(H,24,26). The number of hydrogen-bond acceptors (Lipinski definition) is 3. The predicted molar refractivity (Wildman–Crippen MR) is 117 cm³/mol. The highest BCUT2D eigenvalue weighted by atomic mass is 15.3. The molecule has 1 unspecified atom stereocenters. The van der Waals surface area contributed by atoms with Crippen molar-refractivity contribution >= 4 is 5.96 Å². The van der Waals surface area contributed by atoms with E-state index in [1.165, 1.54) is 16.7 Å². The number of hydrogen-bond donors (Lipinski definition) is 1. The monoisotopic (exact) mass is 379 g/mol. The van der Waals surface area contributed by atoms with Crippen LogP contribution in [0.5, 0.6) is 0 Å². The van der Waals surface area contributed by atoms with Gasteiger partial charge < -0.3 is 10.2 Å². The molecule has 28 heavy (non-hydrogen) atoms. The first-order valence-corrected chi connectivity index (χ1v) is 10.4. The Hall–Kier alpha value is -2.40. The first kappa shape index (κ1) is 20.3. The minimum Gasteiger partial charge on any atom is -0.356 e. The molecule has 1 aliphatic heterocycles. The molecule has 1 saturated heterocycles. The molecule has 1 aromatic heterocycles. The van der Waals surface area contributed by atoms with Crippen LogP contribution in [0.15, 0.2) is 53.8 Å². The number of aliphatic imine (C=N–C) groups is 1. The van der Waals surface area contributed by atoms with Crippen molar-refractivity contribution in [1.82, 2.24) is 20.1 Å². The van der Waals surface area contributed by atoms with E-state index in [0.29, 0.717) is 6.04 Å². The zero-order valence-electron chi connectivity index (χ0n) is 17.4. The Kier molecular flexibility index (Phi) is 7.43. The van der Waals surface area contributed by atoms with Gasteiger partial charge >= 0.3 is 0 Å². The lowest BCUT2D eigenvalue weighted by Gasteiger charge is -2.40. The second kappa shape index (κ2) is 10.2. The normalized spacial score (nSPS) is 16.8. The molecule has 5 nitrogen and oxygen atoms in total. The molecule has 0 amide bonds. The van der Waals surface area contributed by atoms with E-state index in [9.17, 15) is 0 Å². The van der Waals surface area contributed by atoms with Crippen LogP contribution in [-0.4, -0.2) is 60.5 Å². The van der Waals surface area contributed by atoms with Gasteiger partial charge in [-0.1, -0.05) is 37.3 Å². The zero-order chi connectivity index (χ0) is 19.8. The smallest absolute Gasteiger partial charge is 0.193 e. The quantitative estimate of drug-likeness (QED) is 0.618. The highest BCUT2D eigenvalue weighted by Gasteiger charge is 2.25. The molecular formula is C23H33N5. The van der Waals surface area contributed by atoms with Crippen LogP contribution in [0, 0.1) is 6.92 Å². The maximum atomic E-state index is 4.51. The van der Waals surface area contributed by atoms with Crippen LogP contribution in [0.25, 0.3) is 0 Å². The summed E-state index contributed by atoms with van der Waals surface area (Å²) in [5.41, 5.74) is 4.02. The van der Waals surface area contributed by atoms with Crippen molar-refractivity contribution in [3.63, 3.8) is 0 Å². The van der Waals surface area contributed by atoms with Crippen LogP contribution in [0.2, 0.25) is 0 Å². The number of guanidine groups is 1. The fourth-order valence-corrected chi connectivity index (χ4v) is 4.05. The van der Waals surface area contributed by atoms with Gasteiger partial charge in [0.1, 0.15) is 0 Å². The third-order valence-electron chi connectivity index (χ3n) is 5.65. The molecule has 3 rings (SSSR count). The van der Waals surface area contributed by atoms with Crippen LogP contribution < -0.4 is 5.32 Å². The highest BCUT2D eigenvalue weighted by molar-refractivity contribution is 5.80. The molecule has 1 atom stereocenters. The average Bonchev–Trinajstić information content (AvgIpc) is 2.74. The molecule has 0 radical (unpaired) electrons. The van der Waals surface area contributed by atoms with E-state index in [-0.39, 0.29) is 0 Å². The van der Waals surface area contributed by atoms with Crippen molar-refractivity contribution in [2.24, 2.45) is 4.99 Å². The third-order valence-corrected chi connectivity index (χ3v) is 5.65. The number of piperazine rings is 1. The van der Waals surface area contributed by atoms with Crippen LogP contribution in [-0.2, 0) is 6.42 Å². The number of nitrogens with one attached hydrogen (secondary N) is 1. The van der Waals surface area contributed by atoms with Gasteiger partial charge in [-0.2, -0.15) is 0 Å². The Balaban J connectivity index is 1.50. The van der Waals surface area contributed by atoms with Crippen molar-refractivity contribution < 1.29 is 0 Å². The van der Waals surface area contributed by atoms with Gasteiger partial charge in [0.25, 0.3) is 0 Å². The van der Waals surface area contributed by atoms with Crippen LogP contribution in [0.3, 0.4) is 0 Å². The van der Waals surface area contributed by atoms with Gasteiger partial charge in [-0.3, -0.25) is 14.9 Å². The Morgan fingerprint density at radius 1 is 1.14 bits per heavy atom. The first-order chi connectivity index (χ1) is 13.7. The maximum Gasteiger partial charge on any atom is 0.193 e. The van der Waals surface area contributed by atoms with Crippen LogP contribution >= 0.6 is 0 Å². The van der Waals surface area contributed by atoms with Crippen molar-refractivity contribution in [3.8, 4) is 0 Å². The van der Waals surface area contributed by atoms with Gasteiger partial charge in [-0.25, -0.2) is 0 Å². The van der Waals surface area contributed by atoms with Gasteiger partial charge in [0.05, 0.1) is 0 Å². The summed E-state index contributed by atoms with van der Waals surface area (Å²) in [4.78, 5) is 13.7. The third kappa shape index (κ3) is 5.10. The molecule has 0 bridgehead atoms. The van der Waals surface area contributed by atoms with Gasteiger partial charge in [0.2, 0.25) is 0 Å². The van der Waals surface area contributed by atoms with Crippen LogP contribution in [0.4, 0.5) is 0 Å². The number of benzene rings is 1. The van der Waals surface area contributed by atoms with E-state index in [2.05, 4.69) is 75.3 Å². The van der Waals surface area contributed by atoms with Gasteiger partial charge in [0, 0.05) is 58.2 Å². The number of nitrogens with zero attached hydrogens (tertiary/aromatic N) is 4. The van der Waals surface area contributed by atoms with Gasteiger partial charge in [-0.15, -0.1) is 0 Å². The topological polar surface area (TPSA) is 43.8 Å². The molecular weight excluding hydrogens is 346 g/mol. The Bertz CT molecular complexity index is 751. The van der Waals surface area contributed by atoms with Gasteiger partial charge in [0.15, 0.2) is 5.96 Å². The molecule has 150 valence electrons. The summed E-state index contributed by atoms with van der Waals surface area (Å²) in [7, 11) is 1.88. The highest BCUT2D eigenvalue weighted by Crippen LogP contribution is 2.25. The predicted octanol–water partition coefficient (Wildman–Crippen LogP) is 3.28. The molecule has 5 heteroatoms. The summed E-state index contributed by atoms with van der Waals surface area (Å²) in [6, 6.07) is 13.5. The summed E-state index contributed by atoms with van der Waals surface area (Å²) in [6.07, 6.45) is 5.93. The molecule has 2 aromatic rings. The Morgan fingerprint density at radius 2 is 1.89 bits per heavy atom. The lowest BCUT2D eigenvalue weighted by Crippen LogP contribution is -2.53. The Morgan fingerprint density at radius 3 is 2.54 bits per heavy atom. The van der Waals surface area contributed by atoms with E-state index in [1.807, 2.05) is 19.4 Å². The average molecular weight is 380 g/mol. The lowest BCUT2D eigenvalue weighted by atomic mass is 10.0. The minimum atomic E-state index is 0.507. The van der Waals surface area contributed by atoms with Crippen molar-refractivity contribution in [2.75, 3.05) is 39.8 Å². The van der Waals surface area contributed by atoms with E-state index in [4.69, 9.17) is 0 Å². The van der Waals surface area contributed by atoms with Crippen molar-refractivity contribution in [2.45, 2.75) is 32.7 Å². The molecule has 0 aliphatic carbocycles. The van der Waals surface area contributed by atoms with E-state index in [1.54, 1.807) is 0 Å². The summed E-state index contributed by atoms with van der Waals surface area (Å²) in [6.45, 7) is 9.45. The van der Waals surface area contributed by atoms with Crippen molar-refractivity contribution in [3.05, 3.63) is 65.5 Å². The summed E-state index contributed by atoms with van der Waals surface area (Å²) < 4.78 is 0. The molecule has 0 spiro atoms. The Labute approximate surface area is 169 Å². The summed E-state index contributed by atoms with van der Waals surface area (Å²) in [5, 5.41) is 3.54. The minimum absolute atomic E-state index is 0.507. The largest absolute Gasteiger partial charge is 0.356 e. The van der Waals surface area contributed by atoms with E-state index >= 15 is 0 Å². The second-order valence-electron chi connectivity index (χ2n) is 7.38. The van der Waals surface area contributed by atoms with Crippen LogP contribution in [0.1, 0.15) is 36.1 Å². The first-order valence-electron chi connectivity index (χ1n) is 10.4. The van der Waals surface area contributed by atoms with Crippen molar-refractivity contribution in [1.29, 1.82) is 0 Å². The summed E-state index contributed by atoms with van der Waals surface area (Å²) >= 11 is 0. The number of aryl methyl sites for hydroxylation is 1. The van der Waals surface area contributed by atoms with Gasteiger partial charge in [-0.05, 0) is 42.5 Å². The number of rotatable bonds is 6. The number of pyridine rings is 1. The molecule has 1 aliphatic rings. The molecule has 1 fully saturated rings. The second-order valence-corrected chi connectivity index (χ2v) is 7.38. The SMILES string of the molecule is CCC(c1ccccc1)N1CCN(C(=NC)NCCc2ccncc2C)CC1. The molecule has 2 heterocycles. The van der Waals surface area contributed by atoms with E-state index in [0.717, 1.165) is 51.5 Å². The fourth-order valence-electron chi connectivity index (χ4n) is 4.05. The molecule has 1 aromatic carbocycles. The summed E-state index contributed by atoms with van der Waals surface area (Å²) in [5.74, 6) is 1.01. The molecule has 0 saturated carbocycles. The maximum absolute atomic E-state index is 4.51. The lowest BCUT2D eigenvalue weighted by molar-refractivity contribution is 0.127. The zero-order valence-corrected chi connectivity index (χ0v) is 17.4.